The Morgan fingerprint density at radius 2 is 1.64 bits per heavy atom. The first-order chi connectivity index (χ1) is 13.7. The molecule has 4 rings (SSSR count). The van der Waals surface area contributed by atoms with Crippen molar-refractivity contribution in [3.63, 3.8) is 0 Å². The van der Waals surface area contributed by atoms with Gasteiger partial charge in [-0.25, -0.2) is 0 Å². The fraction of sp³-hybridized carbons (Fsp3) is 0.105. The van der Waals surface area contributed by atoms with E-state index in [-0.39, 0.29) is 17.6 Å². The Labute approximate surface area is 160 Å². The van der Waals surface area contributed by atoms with Crippen LogP contribution < -0.4 is 15.4 Å². The molecule has 2 aromatic carbocycles. The minimum Gasteiger partial charge on any atom is -0.496 e. The molecule has 0 fully saturated rings. The van der Waals surface area contributed by atoms with Gasteiger partial charge in [0.05, 0.1) is 12.7 Å². The summed E-state index contributed by atoms with van der Waals surface area (Å²) in [5, 5.41) is 3.98. The molecule has 2 heterocycles. The standard InChI is InChI=1S/C19H17N7O2/c1-26(12-8-4-3-5-9-12)19-23-15(22-18(20)24-19)16-21-17(28-25-16)13-10-6-7-11-14(13)27-2/h3-11H,1-2H3,(H2,20,22,23,24). The third-order valence-corrected chi connectivity index (χ3v) is 4.05. The Hall–Kier alpha value is -4.01. The van der Waals surface area contributed by atoms with E-state index in [1.807, 2.05) is 61.6 Å². The number of nitrogens with zero attached hydrogens (tertiary/aromatic N) is 6. The zero-order valence-electron chi connectivity index (χ0n) is 15.3. The van der Waals surface area contributed by atoms with Gasteiger partial charge in [0, 0.05) is 12.7 Å². The van der Waals surface area contributed by atoms with Crippen molar-refractivity contribution in [3.05, 3.63) is 54.6 Å². The molecule has 2 N–H and O–H groups in total. The minimum atomic E-state index is 0.0615. The smallest absolute Gasteiger partial charge is 0.262 e. The average Bonchev–Trinajstić information content (AvgIpc) is 3.23. The van der Waals surface area contributed by atoms with Crippen LogP contribution in [0.2, 0.25) is 0 Å². The van der Waals surface area contributed by atoms with Crippen LogP contribution in [0, 0.1) is 0 Å². The van der Waals surface area contributed by atoms with Gasteiger partial charge in [0.1, 0.15) is 5.75 Å². The Bertz CT molecular complexity index is 1100. The molecule has 0 unspecified atom stereocenters. The quantitative estimate of drug-likeness (QED) is 0.562. The van der Waals surface area contributed by atoms with E-state index in [0.717, 1.165) is 5.69 Å². The molecule has 0 spiro atoms. The predicted octanol–water partition coefficient (Wildman–Crippen LogP) is 2.95. The number of para-hydroxylation sites is 2. The van der Waals surface area contributed by atoms with Crippen molar-refractivity contribution in [1.82, 2.24) is 25.1 Å². The van der Waals surface area contributed by atoms with Crippen LogP contribution in [0.5, 0.6) is 5.75 Å². The first-order valence-corrected chi connectivity index (χ1v) is 8.43. The SMILES string of the molecule is COc1ccccc1-c1nc(-c2nc(N)nc(N(C)c3ccccc3)n2)no1. The molecular weight excluding hydrogens is 358 g/mol. The largest absolute Gasteiger partial charge is 0.496 e. The molecule has 0 radical (unpaired) electrons. The van der Waals surface area contributed by atoms with Gasteiger partial charge in [-0.15, -0.1) is 0 Å². The van der Waals surface area contributed by atoms with Crippen LogP contribution in [0.3, 0.4) is 0 Å². The third kappa shape index (κ3) is 3.32. The molecule has 0 aliphatic heterocycles. The Balaban J connectivity index is 1.71. The summed E-state index contributed by atoms with van der Waals surface area (Å²) in [5.41, 5.74) is 7.46. The highest BCUT2D eigenvalue weighted by Gasteiger charge is 2.18. The van der Waals surface area contributed by atoms with Gasteiger partial charge in [0.15, 0.2) is 0 Å². The van der Waals surface area contributed by atoms with Gasteiger partial charge in [-0.3, -0.25) is 0 Å². The molecule has 0 amide bonds. The van der Waals surface area contributed by atoms with Crippen LogP contribution in [-0.4, -0.2) is 39.3 Å². The number of benzene rings is 2. The number of nitrogen functional groups attached to an aromatic ring is 1. The first kappa shape index (κ1) is 17.4. The summed E-state index contributed by atoms with van der Waals surface area (Å²) >= 11 is 0. The lowest BCUT2D eigenvalue weighted by Gasteiger charge is -2.17. The van der Waals surface area contributed by atoms with Crippen molar-refractivity contribution in [2.75, 3.05) is 24.8 Å². The summed E-state index contributed by atoms with van der Waals surface area (Å²) in [7, 11) is 3.42. The monoisotopic (exact) mass is 375 g/mol. The average molecular weight is 375 g/mol. The Kier molecular flexibility index (Phi) is 4.55. The van der Waals surface area contributed by atoms with Crippen LogP contribution in [-0.2, 0) is 0 Å². The molecule has 4 aromatic rings. The molecule has 9 nitrogen and oxygen atoms in total. The molecule has 0 aliphatic carbocycles. The molecule has 2 aromatic heterocycles. The maximum atomic E-state index is 5.88. The van der Waals surface area contributed by atoms with Gasteiger partial charge >= 0.3 is 0 Å². The van der Waals surface area contributed by atoms with Crippen LogP contribution >= 0.6 is 0 Å². The van der Waals surface area contributed by atoms with E-state index in [0.29, 0.717) is 23.2 Å². The first-order valence-electron chi connectivity index (χ1n) is 8.43. The minimum absolute atomic E-state index is 0.0615. The van der Waals surface area contributed by atoms with Crippen LogP contribution in [0.15, 0.2) is 59.1 Å². The van der Waals surface area contributed by atoms with E-state index < -0.39 is 0 Å². The number of rotatable bonds is 5. The van der Waals surface area contributed by atoms with Gasteiger partial charge in [-0.2, -0.15) is 19.9 Å². The summed E-state index contributed by atoms with van der Waals surface area (Å²) in [6, 6.07) is 17.0. The van der Waals surface area contributed by atoms with Crippen molar-refractivity contribution in [1.29, 1.82) is 0 Å². The van der Waals surface area contributed by atoms with Crippen molar-refractivity contribution in [2.45, 2.75) is 0 Å². The predicted molar refractivity (Wildman–Crippen MR) is 104 cm³/mol. The maximum Gasteiger partial charge on any atom is 0.262 e. The molecule has 9 heteroatoms. The summed E-state index contributed by atoms with van der Waals surface area (Å²) < 4.78 is 10.7. The normalized spacial score (nSPS) is 10.6. The zero-order chi connectivity index (χ0) is 19.5. The summed E-state index contributed by atoms with van der Waals surface area (Å²) in [5.74, 6) is 1.78. The third-order valence-electron chi connectivity index (χ3n) is 4.05. The molecule has 0 atom stereocenters. The molecule has 0 bridgehead atoms. The summed E-state index contributed by atoms with van der Waals surface area (Å²) in [4.78, 5) is 19.0. The maximum absolute atomic E-state index is 5.88. The van der Waals surface area contributed by atoms with Gasteiger partial charge in [-0.1, -0.05) is 35.5 Å². The number of hydrogen-bond donors (Lipinski definition) is 1. The van der Waals surface area contributed by atoms with Crippen molar-refractivity contribution in [3.8, 4) is 28.9 Å². The fourth-order valence-electron chi connectivity index (χ4n) is 2.64. The number of aromatic nitrogens is 5. The van der Waals surface area contributed by atoms with Crippen molar-refractivity contribution < 1.29 is 9.26 Å². The molecule has 140 valence electrons. The van der Waals surface area contributed by atoms with E-state index in [4.69, 9.17) is 15.0 Å². The molecule has 0 saturated heterocycles. The lowest BCUT2D eigenvalue weighted by Crippen LogP contribution is -2.15. The van der Waals surface area contributed by atoms with E-state index in [1.54, 1.807) is 12.0 Å². The van der Waals surface area contributed by atoms with Crippen molar-refractivity contribution >= 4 is 17.6 Å². The topological polar surface area (TPSA) is 116 Å². The van der Waals surface area contributed by atoms with Gasteiger partial charge in [0.25, 0.3) is 5.89 Å². The van der Waals surface area contributed by atoms with Gasteiger partial charge in [0.2, 0.25) is 23.5 Å². The Morgan fingerprint density at radius 1 is 0.893 bits per heavy atom. The second kappa shape index (κ2) is 7.31. The number of nitrogens with two attached hydrogens (primary N) is 1. The highest BCUT2D eigenvalue weighted by Crippen LogP contribution is 2.29. The lowest BCUT2D eigenvalue weighted by atomic mass is 10.2. The highest BCUT2D eigenvalue weighted by molar-refractivity contribution is 5.64. The van der Waals surface area contributed by atoms with Gasteiger partial charge < -0.3 is 19.9 Å². The van der Waals surface area contributed by atoms with E-state index in [9.17, 15) is 0 Å². The second-order valence-corrected chi connectivity index (χ2v) is 5.84. The second-order valence-electron chi connectivity index (χ2n) is 5.84. The molecular formula is C19H17N7O2. The molecule has 0 aliphatic rings. The zero-order valence-corrected chi connectivity index (χ0v) is 15.3. The van der Waals surface area contributed by atoms with E-state index >= 15 is 0 Å². The summed E-state index contributed by atoms with van der Waals surface area (Å²) in [6.07, 6.45) is 0. The molecule has 28 heavy (non-hydrogen) atoms. The molecule has 0 saturated carbocycles. The number of ether oxygens (including phenoxy) is 1. The number of hydrogen-bond acceptors (Lipinski definition) is 9. The van der Waals surface area contributed by atoms with Crippen molar-refractivity contribution in [2.24, 2.45) is 0 Å². The van der Waals surface area contributed by atoms with Crippen LogP contribution in [0.25, 0.3) is 23.1 Å². The summed E-state index contributed by atoms with van der Waals surface area (Å²) in [6.45, 7) is 0. The number of anilines is 3. The van der Waals surface area contributed by atoms with Crippen LogP contribution in [0.1, 0.15) is 0 Å². The van der Waals surface area contributed by atoms with Gasteiger partial charge in [-0.05, 0) is 24.3 Å². The highest BCUT2D eigenvalue weighted by atomic mass is 16.5. The fourth-order valence-corrected chi connectivity index (χ4v) is 2.64. The Morgan fingerprint density at radius 3 is 2.43 bits per heavy atom. The van der Waals surface area contributed by atoms with E-state index in [2.05, 4.69) is 25.1 Å². The number of methoxy groups -OCH3 is 1. The lowest BCUT2D eigenvalue weighted by molar-refractivity contribution is 0.405. The van der Waals surface area contributed by atoms with Crippen LogP contribution in [0.4, 0.5) is 17.6 Å². The van der Waals surface area contributed by atoms with E-state index in [1.165, 1.54) is 0 Å².